The highest BCUT2D eigenvalue weighted by Crippen LogP contribution is 2.30. The predicted octanol–water partition coefficient (Wildman–Crippen LogP) is 2.49. The molecule has 216 valence electrons. The molecule has 0 spiro atoms. The summed E-state index contributed by atoms with van der Waals surface area (Å²) < 4.78 is 4.86. The van der Waals surface area contributed by atoms with Crippen LogP contribution < -0.4 is 0 Å². The number of hydrogen-bond donors (Lipinski definition) is 3. The van der Waals surface area contributed by atoms with Gasteiger partial charge in [-0.1, -0.05) is 38.5 Å². The van der Waals surface area contributed by atoms with Crippen LogP contribution in [0.25, 0.3) is 0 Å². The zero-order valence-corrected chi connectivity index (χ0v) is 22.9. The lowest BCUT2D eigenvalue weighted by Crippen LogP contribution is -2.59. The molecule has 2 amide bonds. The van der Waals surface area contributed by atoms with Gasteiger partial charge in [0.15, 0.2) is 0 Å². The van der Waals surface area contributed by atoms with Gasteiger partial charge in [0.25, 0.3) is 11.8 Å². The molecule has 4 fully saturated rings. The molecule has 4 aliphatic rings. The number of likely N-dealkylation sites (tertiary alicyclic amines) is 2. The molecule has 0 bridgehead atoms. The van der Waals surface area contributed by atoms with Crippen LogP contribution in [0.5, 0.6) is 0 Å². The maximum atomic E-state index is 12.4. The Morgan fingerprint density at radius 1 is 0.763 bits per heavy atom. The van der Waals surface area contributed by atoms with Gasteiger partial charge in [-0.25, -0.2) is 9.59 Å². The van der Waals surface area contributed by atoms with Gasteiger partial charge >= 0.3 is 11.9 Å². The van der Waals surface area contributed by atoms with Gasteiger partial charge in [0.05, 0.1) is 6.61 Å². The van der Waals surface area contributed by atoms with Crippen molar-refractivity contribution < 1.29 is 39.2 Å². The van der Waals surface area contributed by atoms with Crippen molar-refractivity contribution >= 4 is 23.8 Å². The highest BCUT2D eigenvalue weighted by Gasteiger charge is 2.50. The topological polar surface area (TPSA) is 145 Å². The van der Waals surface area contributed by atoms with Gasteiger partial charge in [0, 0.05) is 26.2 Å². The summed E-state index contributed by atoms with van der Waals surface area (Å²) in [6.45, 7) is 4.34. The summed E-state index contributed by atoms with van der Waals surface area (Å²) in [6, 6.07) is 0. The molecule has 0 aromatic rings. The SMILES string of the molecule is CCOC(=O)C1(O)CCCN(CC2CCCCC2)C1=O.O=C(O)C1(O)CCCN(CC2CCCCC2)C1=O. The standard InChI is InChI=1S/C15H25NO4.C13H21NO4/c1-2-20-14(18)15(19)9-6-10-16(13(15)17)11-12-7-4-3-5-8-12;15-11-13(18,12(16)17)7-4-8-14(11)9-10-5-2-1-3-6-10/h12,19H,2-11H2,1H3;10,18H,1-9H2,(H,16,17). The fourth-order valence-corrected chi connectivity index (χ4v) is 6.34. The highest BCUT2D eigenvalue weighted by atomic mass is 16.6. The van der Waals surface area contributed by atoms with E-state index < -0.39 is 35.0 Å². The van der Waals surface area contributed by atoms with E-state index in [1.54, 1.807) is 16.7 Å². The number of nitrogens with zero attached hydrogens (tertiary/aromatic N) is 2. The third-order valence-electron chi connectivity index (χ3n) is 8.59. The highest BCUT2D eigenvalue weighted by molar-refractivity contribution is 6.06. The summed E-state index contributed by atoms with van der Waals surface area (Å²) in [7, 11) is 0. The fourth-order valence-electron chi connectivity index (χ4n) is 6.34. The van der Waals surface area contributed by atoms with E-state index in [1.807, 2.05) is 0 Å². The molecule has 2 atom stereocenters. The van der Waals surface area contributed by atoms with Crippen LogP contribution >= 0.6 is 0 Å². The average Bonchev–Trinajstić information content (AvgIpc) is 2.91. The Morgan fingerprint density at radius 3 is 1.61 bits per heavy atom. The van der Waals surface area contributed by atoms with Gasteiger partial charge < -0.3 is 29.9 Å². The first-order valence-corrected chi connectivity index (χ1v) is 14.6. The van der Waals surface area contributed by atoms with Gasteiger partial charge in [-0.2, -0.15) is 0 Å². The summed E-state index contributed by atoms with van der Waals surface area (Å²) in [6.07, 6.45) is 13.2. The molecule has 0 aromatic carbocycles. The second-order valence-corrected chi connectivity index (χ2v) is 11.5. The first-order chi connectivity index (χ1) is 18.1. The third-order valence-corrected chi connectivity index (χ3v) is 8.59. The Kier molecular flexibility index (Phi) is 11.0. The van der Waals surface area contributed by atoms with Crippen LogP contribution in [0.3, 0.4) is 0 Å². The zero-order valence-electron chi connectivity index (χ0n) is 22.9. The lowest BCUT2D eigenvalue weighted by molar-refractivity contribution is -0.181. The number of carbonyl (C=O) groups is 4. The molecule has 2 heterocycles. The minimum Gasteiger partial charge on any atom is -0.479 e. The fraction of sp³-hybridized carbons (Fsp3) is 0.857. The van der Waals surface area contributed by atoms with Gasteiger partial charge in [-0.05, 0) is 70.1 Å². The van der Waals surface area contributed by atoms with Crippen molar-refractivity contribution in [2.24, 2.45) is 11.8 Å². The molecular formula is C28H46N2O8. The van der Waals surface area contributed by atoms with Crippen LogP contribution in [-0.2, 0) is 23.9 Å². The molecule has 2 saturated carbocycles. The van der Waals surface area contributed by atoms with Crippen molar-refractivity contribution in [1.82, 2.24) is 9.80 Å². The van der Waals surface area contributed by atoms with Crippen molar-refractivity contribution in [3.05, 3.63) is 0 Å². The number of piperidine rings is 2. The molecule has 2 saturated heterocycles. The van der Waals surface area contributed by atoms with E-state index in [4.69, 9.17) is 9.84 Å². The molecule has 0 aromatic heterocycles. The Hall–Kier alpha value is -2.20. The monoisotopic (exact) mass is 538 g/mol. The maximum absolute atomic E-state index is 12.4. The number of carboxylic acid groups (broad SMARTS) is 1. The van der Waals surface area contributed by atoms with Crippen molar-refractivity contribution in [1.29, 1.82) is 0 Å². The molecule has 4 rings (SSSR count). The lowest BCUT2D eigenvalue weighted by atomic mass is 9.86. The number of aliphatic hydroxyl groups is 2. The maximum Gasteiger partial charge on any atom is 0.348 e. The third kappa shape index (κ3) is 7.25. The molecule has 10 nitrogen and oxygen atoms in total. The minimum absolute atomic E-state index is 0.0301. The van der Waals surface area contributed by atoms with Crippen molar-refractivity contribution in [2.75, 3.05) is 32.8 Å². The van der Waals surface area contributed by atoms with E-state index in [2.05, 4.69) is 0 Å². The molecule has 10 heteroatoms. The molecule has 38 heavy (non-hydrogen) atoms. The number of amides is 2. The summed E-state index contributed by atoms with van der Waals surface area (Å²) in [5.74, 6) is -2.31. The predicted molar refractivity (Wildman–Crippen MR) is 139 cm³/mol. The summed E-state index contributed by atoms with van der Waals surface area (Å²) in [5.41, 5.74) is -4.14. The lowest BCUT2D eigenvalue weighted by Gasteiger charge is -2.38. The molecule has 3 N–H and O–H groups in total. The Morgan fingerprint density at radius 2 is 1.18 bits per heavy atom. The van der Waals surface area contributed by atoms with Crippen LogP contribution in [-0.4, -0.2) is 92.9 Å². The van der Waals surface area contributed by atoms with Crippen LogP contribution in [0.15, 0.2) is 0 Å². The van der Waals surface area contributed by atoms with Crippen LogP contribution in [0.2, 0.25) is 0 Å². The van der Waals surface area contributed by atoms with E-state index in [0.717, 1.165) is 25.7 Å². The number of esters is 1. The Labute approximate surface area is 225 Å². The van der Waals surface area contributed by atoms with E-state index in [9.17, 15) is 29.4 Å². The number of hydrogen-bond acceptors (Lipinski definition) is 7. The van der Waals surface area contributed by atoms with Gasteiger partial charge in [-0.3, -0.25) is 9.59 Å². The van der Waals surface area contributed by atoms with E-state index >= 15 is 0 Å². The quantitative estimate of drug-likeness (QED) is 0.331. The van der Waals surface area contributed by atoms with Crippen molar-refractivity contribution in [2.45, 2.75) is 108 Å². The zero-order chi connectivity index (χ0) is 27.8. The first kappa shape index (κ1) is 30.3. The molecule has 2 aliphatic carbocycles. The van der Waals surface area contributed by atoms with Gasteiger partial charge in [-0.15, -0.1) is 0 Å². The average molecular weight is 539 g/mol. The van der Waals surface area contributed by atoms with Crippen molar-refractivity contribution in [3.63, 3.8) is 0 Å². The second-order valence-electron chi connectivity index (χ2n) is 11.5. The number of aliphatic carboxylic acids is 1. The molecule has 2 unspecified atom stereocenters. The Bertz CT molecular complexity index is 839. The minimum atomic E-state index is -2.19. The van der Waals surface area contributed by atoms with E-state index in [1.165, 1.54) is 38.5 Å². The number of carbonyl (C=O) groups excluding carboxylic acids is 3. The second kappa shape index (κ2) is 13.7. The first-order valence-electron chi connectivity index (χ1n) is 14.6. The van der Waals surface area contributed by atoms with E-state index in [0.29, 0.717) is 50.9 Å². The summed E-state index contributed by atoms with van der Waals surface area (Å²) >= 11 is 0. The normalized spacial score (nSPS) is 29.4. The van der Waals surface area contributed by atoms with Gasteiger partial charge in [0.2, 0.25) is 11.2 Å². The van der Waals surface area contributed by atoms with Crippen LogP contribution in [0.4, 0.5) is 0 Å². The number of carboxylic acids is 1. The molecule has 0 radical (unpaired) electrons. The number of rotatable bonds is 7. The summed E-state index contributed by atoms with van der Waals surface area (Å²) in [4.78, 5) is 50.6. The van der Waals surface area contributed by atoms with Crippen LogP contribution in [0, 0.1) is 11.8 Å². The van der Waals surface area contributed by atoms with Crippen LogP contribution in [0.1, 0.15) is 96.8 Å². The molecular weight excluding hydrogens is 492 g/mol. The molecule has 2 aliphatic heterocycles. The Balaban J connectivity index is 0.000000212. The van der Waals surface area contributed by atoms with Crippen molar-refractivity contribution in [3.8, 4) is 0 Å². The smallest absolute Gasteiger partial charge is 0.348 e. The number of ether oxygens (including phenoxy) is 1. The van der Waals surface area contributed by atoms with E-state index in [-0.39, 0.29) is 19.4 Å². The summed E-state index contributed by atoms with van der Waals surface area (Å²) in [5, 5.41) is 29.3. The van der Waals surface area contributed by atoms with Gasteiger partial charge in [0.1, 0.15) is 0 Å². The largest absolute Gasteiger partial charge is 0.479 e.